The molecule has 6 rings (SSSR count). The van der Waals surface area contributed by atoms with Crippen molar-refractivity contribution in [1.29, 1.82) is 0 Å². The molecule has 0 radical (unpaired) electrons. The number of nitrogens with one attached hydrogen (secondary N) is 1. The summed E-state index contributed by atoms with van der Waals surface area (Å²) in [6.45, 7) is 4.84. The standard InChI is InChI=1S/C28H29ClN6O5/c1-38-24-15-25(40-13-10-33-8-11-39-12-9-33)23(35(36)37)14-22(24)31-28-30-16-21(29)26(32-28)20-17-34-7-3-5-18-4-2-6-19(20)27(18)34/h2,4,6,14-17H,3,5,7-13H2,1H3,(H,30,31,32). The van der Waals surface area contributed by atoms with E-state index >= 15 is 0 Å². The molecule has 2 aliphatic heterocycles. The molecule has 4 heterocycles. The Labute approximate surface area is 235 Å². The van der Waals surface area contributed by atoms with Gasteiger partial charge >= 0.3 is 5.69 Å². The average Bonchev–Trinajstić information content (AvgIpc) is 3.35. The molecule has 208 valence electrons. The van der Waals surface area contributed by atoms with Crippen molar-refractivity contribution in [3.8, 4) is 22.8 Å². The van der Waals surface area contributed by atoms with Gasteiger partial charge in [0.25, 0.3) is 0 Å². The van der Waals surface area contributed by atoms with Crippen LogP contribution in [0.5, 0.6) is 11.5 Å². The maximum Gasteiger partial charge on any atom is 0.313 e. The van der Waals surface area contributed by atoms with Crippen molar-refractivity contribution < 1.29 is 19.1 Å². The number of rotatable bonds is 9. The number of hydrogen-bond donors (Lipinski definition) is 1. The molecule has 0 saturated carbocycles. The molecule has 0 bridgehead atoms. The monoisotopic (exact) mass is 564 g/mol. The molecule has 0 spiro atoms. The molecular weight excluding hydrogens is 536 g/mol. The van der Waals surface area contributed by atoms with E-state index in [1.54, 1.807) is 0 Å². The molecule has 0 atom stereocenters. The van der Waals surface area contributed by atoms with E-state index in [0.717, 1.165) is 43.4 Å². The second-order valence-corrected chi connectivity index (χ2v) is 10.2. The zero-order chi connectivity index (χ0) is 27.6. The summed E-state index contributed by atoms with van der Waals surface area (Å²) in [6, 6.07) is 9.18. The lowest BCUT2D eigenvalue weighted by Crippen LogP contribution is -2.38. The van der Waals surface area contributed by atoms with E-state index < -0.39 is 4.92 Å². The summed E-state index contributed by atoms with van der Waals surface area (Å²) in [7, 11) is 1.49. The lowest BCUT2D eigenvalue weighted by atomic mass is 10.0. The minimum Gasteiger partial charge on any atom is -0.494 e. The number of halogens is 1. The summed E-state index contributed by atoms with van der Waals surface area (Å²) in [5.74, 6) is 0.728. The maximum absolute atomic E-state index is 11.9. The summed E-state index contributed by atoms with van der Waals surface area (Å²) >= 11 is 6.59. The predicted molar refractivity (Wildman–Crippen MR) is 152 cm³/mol. The number of nitrogens with zero attached hydrogens (tertiary/aromatic N) is 5. The highest BCUT2D eigenvalue weighted by molar-refractivity contribution is 6.33. The van der Waals surface area contributed by atoms with Gasteiger partial charge in [-0.25, -0.2) is 9.97 Å². The Morgan fingerprint density at radius 1 is 1.20 bits per heavy atom. The SMILES string of the molecule is COc1cc(OCCN2CCOCC2)c([N+](=O)[O-])cc1Nc1ncc(Cl)c(-c2cn3c4c(cccc24)CCC3)n1. The molecule has 0 unspecified atom stereocenters. The van der Waals surface area contributed by atoms with Crippen molar-refractivity contribution in [2.45, 2.75) is 19.4 Å². The number of morpholine rings is 1. The van der Waals surface area contributed by atoms with Gasteiger partial charge in [-0.05, 0) is 18.4 Å². The number of para-hydroxylation sites is 1. The zero-order valence-electron chi connectivity index (χ0n) is 22.1. The molecule has 2 aromatic carbocycles. The number of aryl methyl sites for hydroxylation is 2. The number of nitro groups is 1. The van der Waals surface area contributed by atoms with Gasteiger partial charge in [0.1, 0.15) is 12.4 Å². The fourth-order valence-electron chi connectivity index (χ4n) is 5.37. The molecule has 2 aromatic heterocycles. The average molecular weight is 565 g/mol. The molecule has 0 amide bonds. The van der Waals surface area contributed by atoms with Gasteiger partial charge in [-0.3, -0.25) is 15.0 Å². The van der Waals surface area contributed by atoms with E-state index in [2.05, 4.69) is 44.2 Å². The summed E-state index contributed by atoms with van der Waals surface area (Å²) in [5.41, 5.74) is 4.16. The molecule has 1 fully saturated rings. The molecule has 2 aliphatic rings. The van der Waals surface area contributed by atoms with Crippen molar-refractivity contribution >= 4 is 39.8 Å². The van der Waals surface area contributed by atoms with Crippen LogP contribution in [0.25, 0.3) is 22.2 Å². The van der Waals surface area contributed by atoms with Crippen LogP contribution in [0, 0.1) is 10.1 Å². The molecule has 0 aliphatic carbocycles. The smallest absolute Gasteiger partial charge is 0.313 e. The summed E-state index contributed by atoms with van der Waals surface area (Å²) in [4.78, 5) is 22.7. The minimum atomic E-state index is -0.475. The van der Waals surface area contributed by atoms with Crippen molar-refractivity contribution in [3.63, 3.8) is 0 Å². The first kappa shape index (κ1) is 26.3. The highest BCUT2D eigenvalue weighted by Crippen LogP contribution is 2.40. The quantitative estimate of drug-likeness (QED) is 0.220. The third kappa shape index (κ3) is 5.15. The van der Waals surface area contributed by atoms with E-state index in [9.17, 15) is 10.1 Å². The molecule has 12 heteroatoms. The maximum atomic E-state index is 11.9. The third-order valence-corrected chi connectivity index (χ3v) is 7.60. The first-order valence-electron chi connectivity index (χ1n) is 13.2. The molecule has 1 saturated heterocycles. The van der Waals surface area contributed by atoms with E-state index in [4.69, 9.17) is 30.8 Å². The van der Waals surface area contributed by atoms with Gasteiger partial charge in [0.05, 0.1) is 53.4 Å². The molecule has 4 aromatic rings. The zero-order valence-corrected chi connectivity index (χ0v) is 22.8. The Kier molecular flexibility index (Phi) is 7.42. The van der Waals surface area contributed by atoms with Crippen LogP contribution in [0.15, 0.2) is 42.7 Å². The lowest BCUT2D eigenvalue weighted by Gasteiger charge is -2.26. The lowest BCUT2D eigenvalue weighted by molar-refractivity contribution is -0.385. The Bertz CT molecular complexity index is 1570. The van der Waals surface area contributed by atoms with Crippen LogP contribution in [0.4, 0.5) is 17.3 Å². The molecule has 1 N–H and O–H groups in total. The van der Waals surface area contributed by atoms with E-state index in [1.807, 2.05) is 0 Å². The van der Waals surface area contributed by atoms with Gasteiger partial charge in [-0.2, -0.15) is 0 Å². The fraction of sp³-hybridized carbons (Fsp3) is 0.357. The summed E-state index contributed by atoms with van der Waals surface area (Å²) in [5, 5.41) is 16.5. The number of benzene rings is 2. The highest BCUT2D eigenvalue weighted by Gasteiger charge is 2.23. The molecular formula is C28H29ClN6O5. The Hall–Kier alpha value is -3.93. The number of ether oxygens (including phenoxy) is 3. The van der Waals surface area contributed by atoms with Crippen LogP contribution in [0.3, 0.4) is 0 Å². The predicted octanol–water partition coefficient (Wildman–Crippen LogP) is 5.07. The Morgan fingerprint density at radius 2 is 2.05 bits per heavy atom. The molecule has 40 heavy (non-hydrogen) atoms. The first-order chi connectivity index (χ1) is 19.5. The topological polar surface area (TPSA) is 117 Å². The highest BCUT2D eigenvalue weighted by atomic mass is 35.5. The number of anilines is 2. The fourth-order valence-corrected chi connectivity index (χ4v) is 5.56. The van der Waals surface area contributed by atoms with Crippen molar-refractivity contribution in [2.24, 2.45) is 0 Å². The number of hydrogen-bond acceptors (Lipinski definition) is 9. The Balaban J connectivity index is 1.29. The van der Waals surface area contributed by atoms with Gasteiger partial charge in [0, 0.05) is 55.5 Å². The largest absolute Gasteiger partial charge is 0.494 e. The number of methoxy groups -OCH3 is 1. The van der Waals surface area contributed by atoms with Crippen LogP contribution in [0.2, 0.25) is 5.02 Å². The summed E-state index contributed by atoms with van der Waals surface area (Å²) in [6.07, 6.45) is 5.73. The van der Waals surface area contributed by atoms with Crippen LogP contribution in [0.1, 0.15) is 12.0 Å². The van der Waals surface area contributed by atoms with Gasteiger partial charge in [0.15, 0.2) is 0 Å². The van der Waals surface area contributed by atoms with Crippen LogP contribution in [-0.2, 0) is 17.7 Å². The summed E-state index contributed by atoms with van der Waals surface area (Å²) < 4.78 is 19.0. The van der Waals surface area contributed by atoms with Crippen molar-refractivity contribution in [2.75, 3.05) is 51.9 Å². The second kappa shape index (κ2) is 11.3. The van der Waals surface area contributed by atoms with Crippen molar-refractivity contribution in [1.82, 2.24) is 19.4 Å². The van der Waals surface area contributed by atoms with Gasteiger partial charge in [-0.15, -0.1) is 0 Å². The van der Waals surface area contributed by atoms with Crippen LogP contribution in [-0.4, -0.2) is 70.9 Å². The van der Waals surface area contributed by atoms with Gasteiger partial charge in [0.2, 0.25) is 11.7 Å². The van der Waals surface area contributed by atoms with E-state index in [1.165, 1.54) is 36.5 Å². The van der Waals surface area contributed by atoms with E-state index in [-0.39, 0.29) is 17.4 Å². The van der Waals surface area contributed by atoms with E-state index in [0.29, 0.717) is 48.5 Å². The Morgan fingerprint density at radius 3 is 2.85 bits per heavy atom. The molecule has 11 nitrogen and oxygen atoms in total. The van der Waals surface area contributed by atoms with Crippen molar-refractivity contribution in [3.05, 3.63) is 63.4 Å². The third-order valence-electron chi connectivity index (χ3n) is 7.32. The first-order valence-corrected chi connectivity index (χ1v) is 13.6. The number of nitro benzene ring substituents is 1. The normalized spacial score (nSPS) is 15.2. The minimum absolute atomic E-state index is 0.132. The van der Waals surface area contributed by atoms with Gasteiger partial charge in [-0.1, -0.05) is 29.8 Å². The second-order valence-electron chi connectivity index (χ2n) is 9.75. The number of aromatic nitrogens is 3. The van der Waals surface area contributed by atoms with Gasteiger partial charge < -0.3 is 24.1 Å². The van der Waals surface area contributed by atoms with Crippen LogP contribution >= 0.6 is 11.6 Å². The van der Waals surface area contributed by atoms with Crippen LogP contribution < -0.4 is 14.8 Å².